The molecule has 0 aliphatic rings. The van der Waals surface area contributed by atoms with E-state index in [1.165, 1.54) is 0 Å². The van der Waals surface area contributed by atoms with E-state index in [2.05, 4.69) is 0 Å². The first kappa shape index (κ1) is 8.92. The summed E-state index contributed by atoms with van der Waals surface area (Å²) in [6.07, 6.45) is 0. The highest BCUT2D eigenvalue weighted by molar-refractivity contribution is 6.33. The average molecular weight is 214 g/mol. The molecule has 0 radical (unpaired) electrons. The molecule has 0 saturated carbocycles. The number of hydrogen-bond donors (Lipinski definition) is 0. The Labute approximate surface area is 86.9 Å². The first-order chi connectivity index (χ1) is 6.11. The van der Waals surface area contributed by atoms with Gasteiger partial charge in [-0.25, -0.2) is 0 Å². The molecule has 0 aliphatic carbocycles. The van der Waals surface area contributed by atoms with Gasteiger partial charge in [-0.15, -0.1) is 0 Å². The lowest BCUT2D eigenvalue weighted by Gasteiger charge is -1.96. The Kier molecular flexibility index (Phi) is 2.01. The summed E-state index contributed by atoms with van der Waals surface area (Å²) in [5.74, 6) is 0. The van der Waals surface area contributed by atoms with Crippen molar-refractivity contribution >= 4 is 34.1 Å². The minimum atomic E-state index is 0.741. The zero-order valence-electron chi connectivity index (χ0n) is 7.44. The number of aryl methyl sites for hydroxylation is 2. The van der Waals surface area contributed by atoms with Gasteiger partial charge in [-0.2, -0.15) is 0 Å². The molecule has 1 heterocycles. The van der Waals surface area contributed by atoms with Gasteiger partial charge in [0.1, 0.15) is 5.15 Å². The van der Waals surface area contributed by atoms with Crippen LogP contribution in [0.4, 0.5) is 0 Å². The SMILES string of the molecule is Cc1c(Cl)n(C)c2cc(Cl)ccc12. The van der Waals surface area contributed by atoms with E-state index in [-0.39, 0.29) is 0 Å². The minimum absolute atomic E-state index is 0.741. The molecule has 1 aromatic heterocycles. The second kappa shape index (κ2) is 2.93. The van der Waals surface area contributed by atoms with Crippen molar-refractivity contribution in [1.82, 2.24) is 4.57 Å². The summed E-state index contributed by atoms with van der Waals surface area (Å²) in [6, 6.07) is 5.81. The molecule has 2 aromatic rings. The van der Waals surface area contributed by atoms with Crippen LogP contribution in [-0.2, 0) is 7.05 Å². The van der Waals surface area contributed by atoms with E-state index in [1.54, 1.807) is 0 Å². The summed E-state index contributed by atoms with van der Waals surface area (Å²) in [4.78, 5) is 0. The molecule has 0 unspecified atom stereocenters. The van der Waals surface area contributed by atoms with Gasteiger partial charge in [0.2, 0.25) is 0 Å². The maximum Gasteiger partial charge on any atom is 0.112 e. The first-order valence-electron chi connectivity index (χ1n) is 4.01. The van der Waals surface area contributed by atoms with Crippen LogP contribution in [0.25, 0.3) is 10.9 Å². The maximum atomic E-state index is 6.09. The fourth-order valence-corrected chi connectivity index (χ4v) is 1.93. The summed E-state index contributed by atoms with van der Waals surface area (Å²) in [7, 11) is 1.94. The Hall–Kier alpha value is -0.660. The predicted molar refractivity (Wildman–Crippen MR) is 57.7 cm³/mol. The van der Waals surface area contributed by atoms with Gasteiger partial charge in [0.25, 0.3) is 0 Å². The number of aromatic nitrogens is 1. The molecule has 0 bridgehead atoms. The third-order valence-corrected chi connectivity index (χ3v) is 3.10. The molecular formula is C10H9Cl2N. The monoisotopic (exact) mass is 213 g/mol. The van der Waals surface area contributed by atoms with E-state index in [9.17, 15) is 0 Å². The molecule has 0 spiro atoms. The Bertz CT molecular complexity index is 471. The summed E-state index contributed by atoms with van der Waals surface area (Å²) >= 11 is 12.0. The van der Waals surface area contributed by atoms with Crippen LogP contribution in [0.1, 0.15) is 5.56 Å². The van der Waals surface area contributed by atoms with Crippen molar-refractivity contribution in [3.8, 4) is 0 Å². The molecule has 0 atom stereocenters. The van der Waals surface area contributed by atoms with Gasteiger partial charge in [-0.05, 0) is 24.6 Å². The minimum Gasteiger partial charge on any atom is -0.334 e. The molecule has 0 saturated heterocycles. The van der Waals surface area contributed by atoms with Gasteiger partial charge in [0.15, 0.2) is 0 Å². The van der Waals surface area contributed by atoms with Crippen molar-refractivity contribution < 1.29 is 0 Å². The lowest BCUT2D eigenvalue weighted by Crippen LogP contribution is -1.85. The Morgan fingerprint density at radius 1 is 1.23 bits per heavy atom. The number of rotatable bonds is 0. The number of fused-ring (bicyclic) bond motifs is 1. The molecule has 2 rings (SSSR count). The highest BCUT2D eigenvalue weighted by Crippen LogP contribution is 2.29. The third-order valence-electron chi connectivity index (χ3n) is 2.33. The van der Waals surface area contributed by atoms with Crippen molar-refractivity contribution in [2.75, 3.05) is 0 Å². The maximum absolute atomic E-state index is 6.09. The standard InChI is InChI=1S/C10H9Cl2N/c1-6-8-4-3-7(11)5-9(8)13(2)10(6)12/h3-5H,1-2H3. The van der Waals surface area contributed by atoms with Crippen molar-refractivity contribution in [3.05, 3.63) is 33.9 Å². The van der Waals surface area contributed by atoms with Crippen molar-refractivity contribution in [2.24, 2.45) is 7.05 Å². The molecule has 3 heteroatoms. The summed E-state index contributed by atoms with van der Waals surface area (Å²) in [5.41, 5.74) is 2.19. The molecule has 0 aliphatic heterocycles. The second-order valence-electron chi connectivity index (χ2n) is 3.14. The zero-order chi connectivity index (χ0) is 9.59. The van der Waals surface area contributed by atoms with Crippen molar-refractivity contribution in [1.29, 1.82) is 0 Å². The molecule has 0 N–H and O–H groups in total. The molecule has 0 amide bonds. The van der Waals surface area contributed by atoms with Crippen LogP contribution in [0.5, 0.6) is 0 Å². The van der Waals surface area contributed by atoms with Crippen LogP contribution in [0.2, 0.25) is 10.2 Å². The van der Waals surface area contributed by atoms with E-state index in [4.69, 9.17) is 23.2 Å². The largest absolute Gasteiger partial charge is 0.334 e. The van der Waals surface area contributed by atoms with E-state index < -0.39 is 0 Å². The Morgan fingerprint density at radius 3 is 2.62 bits per heavy atom. The summed E-state index contributed by atoms with van der Waals surface area (Å²) < 4.78 is 1.94. The van der Waals surface area contributed by atoms with Crippen molar-refractivity contribution in [2.45, 2.75) is 6.92 Å². The van der Waals surface area contributed by atoms with Gasteiger partial charge >= 0.3 is 0 Å². The number of hydrogen-bond acceptors (Lipinski definition) is 0. The molecule has 13 heavy (non-hydrogen) atoms. The third kappa shape index (κ3) is 1.23. The van der Waals surface area contributed by atoms with Crippen molar-refractivity contribution in [3.63, 3.8) is 0 Å². The van der Waals surface area contributed by atoms with Crippen LogP contribution in [-0.4, -0.2) is 4.57 Å². The van der Waals surface area contributed by atoms with Gasteiger partial charge in [0.05, 0.1) is 5.52 Å². The molecular weight excluding hydrogens is 205 g/mol. The smallest absolute Gasteiger partial charge is 0.112 e. The van der Waals surface area contributed by atoms with Gasteiger partial charge in [-0.3, -0.25) is 0 Å². The lowest BCUT2D eigenvalue weighted by molar-refractivity contribution is 0.965. The van der Waals surface area contributed by atoms with E-state index in [0.29, 0.717) is 0 Å². The molecule has 0 fully saturated rings. The highest BCUT2D eigenvalue weighted by atomic mass is 35.5. The highest BCUT2D eigenvalue weighted by Gasteiger charge is 2.08. The Balaban J connectivity index is 2.95. The zero-order valence-corrected chi connectivity index (χ0v) is 8.95. The first-order valence-corrected chi connectivity index (χ1v) is 4.77. The second-order valence-corrected chi connectivity index (χ2v) is 3.93. The fraction of sp³-hybridized carbons (Fsp3) is 0.200. The number of halogens is 2. The van der Waals surface area contributed by atoms with E-state index in [0.717, 1.165) is 26.6 Å². The Morgan fingerprint density at radius 2 is 1.92 bits per heavy atom. The van der Waals surface area contributed by atoms with Crippen LogP contribution in [0.3, 0.4) is 0 Å². The summed E-state index contributed by atoms with van der Waals surface area (Å²) in [5, 5.41) is 2.68. The lowest BCUT2D eigenvalue weighted by atomic mass is 10.2. The summed E-state index contributed by atoms with van der Waals surface area (Å²) in [6.45, 7) is 2.01. The topological polar surface area (TPSA) is 4.93 Å². The van der Waals surface area contributed by atoms with Gasteiger partial charge in [0, 0.05) is 17.5 Å². The molecule has 1 aromatic carbocycles. The molecule has 1 nitrogen and oxygen atoms in total. The predicted octanol–water partition coefficient (Wildman–Crippen LogP) is 3.79. The normalized spacial score (nSPS) is 11.1. The van der Waals surface area contributed by atoms with Crippen LogP contribution < -0.4 is 0 Å². The van der Waals surface area contributed by atoms with E-state index in [1.807, 2.05) is 36.7 Å². The van der Waals surface area contributed by atoms with Crippen LogP contribution >= 0.6 is 23.2 Å². The van der Waals surface area contributed by atoms with Gasteiger partial charge < -0.3 is 4.57 Å². The quantitative estimate of drug-likeness (QED) is 0.628. The fourth-order valence-electron chi connectivity index (χ4n) is 1.57. The number of nitrogens with zero attached hydrogens (tertiary/aromatic N) is 1. The van der Waals surface area contributed by atoms with E-state index >= 15 is 0 Å². The molecule has 68 valence electrons. The van der Waals surface area contributed by atoms with Crippen LogP contribution in [0, 0.1) is 6.92 Å². The van der Waals surface area contributed by atoms with Gasteiger partial charge in [-0.1, -0.05) is 29.3 Å². The van der Waals surface area contributed by atoms with Crippen LogP contribution in [0.15, 0.2) is 18.2 Å². The number of benzene rings is 1. The average Bonchev–Trinajstić information content (AvgIpc) is 2.32.